The number of rotatable bonds is 5. The van der Waals surface area contributed by atoms with Crippen LogP contribution in [0.1, 0.15) is 44.2 Å². The van der Waals surface area contributed by atoms with Crippen LogP contribution in [0.15, 0.2) is 61.1 Å². The van der Waals surface area contributed by atoms with E-state index in [9.17, 15) is 14.4 Å². The minimum atomic E-state index is -0.466. The molecule has 4 heterocycles. The number of nitrogens with one attached hydrogen (secondary N) is 2. The van der Waals surface area contributed by atoms with Crippen LogP contribution in [-0.4, -0.2) is 68.5 Å². The Morgan fingerprint density at radius 3 is 2.49 bits per heavy atom. The maximum atomic E-state index is 13.1. The van der Waals surface area contributed by atoms with Crippen molar-refractivity contribution in [3.8, 4) is 11.5 Å². The Morgan fingerprint density at radius 1 is 0.872 bits per heavy atom. The van der Waals surface area contributed by atoms with E-state index in [-0.39, 0.29) is 30.3 Å². The van der Waals surface area contributed by atoms with Crippen LogP contribution in [0.25, 0.3) is 11.0 Å². The molecule has 0 spiro atoms. The molecule has 0 aliphatic carbocycles. The van der Waals surface area contributed by atoms with Gasteiger partial charge in [-0.15, -0.1) is 0 Å². The summed E-state index contributed by atoms with van der Waals surface area (Å²) < 4.78 is 10.6. The molecule has 0 unspecified atom stereocenters. The minimum absolute atomic E-state index is 0.00321. The molecule has 196 valence electrons. The van der Waals surface area contributed by atoms with Crippen LogP contribution in [0, 0.1) is 0 Å². The molecule has 2 aromatic carbocycles. The normalized spacial score (nSPS) is 14.7. The second-order valence-corrected chi connectivity index (χ2v) is 9.06. The lowest BCUT2D eigenvalue weighted by Gasteiger charge is -2.32. The Kier molecular flexibility index (Phi) is 6.41. The third-order valence-electron chi connectivity index (χ3n) is 6.57. The molecular weight excluding hydrogens is 502 g/mol. The number of benzene rings is 2. The molecule has 3 amide bonds. The number of nitrogens with zero attached hydrogens (tertiary/aromatic N) is 5. The largest absolute Gasteiger partial charge is 0.454 e. The number of carbonyl (C=O) groups is 3. The van der Waals surface area contributed by atoms with Crippen LogP contribution in [0.3, 0.4) is 0 Å². The first-order valence-electron chi connectivity index (χ1n) is 12.4. The number of carbonyl (C=O) groups excluding carboxylic acids is 3. The van der Waals surface area contributed by atoms with Gasteiger partial charge in [0.15, 0.2) is 23.0 Å². The van der Waals surface area contributed by atoms with Gasteiger partial charge < -0.3 is 25.0 Å². The number of para-hydroxylation sites is 2. The van der Waals surface area contributed by atoms with Crippen molar-refractivity contribution in [3.05, 3.63) is 78.0 Å². The van der Waals surface area contributed by atoms with Crippen molar-refractivity contribution in [1.82, 2.24) is 30.2 Å². The standard InChI is InChI=1S/C27H23N7O5/c35-25(16-5-6-21-22(13-16)39-15-38-21)33-24-23(28-9-10-29-24)26(36)31-17-7-11-34(12-8-17)27(37)20-14-30-18-3-1-2-4-19(18)32-20/h1-6,9-10,13-14,17H,7-8,11-12,15H2,(H,31,36)(H,29,33,35). The second kappa shape index (κ2) is 10.3. The van der Waals surface area contributed by atoms with Crippen LogP contribution in [0.4, 0.5) is 5.82 Å². The summed E-state index contributed by atoms with van der Waals surface area (Å²) in [5.74, 6) is -0.0531. The molecule has 2 aromatic heterocycles. The lowest BCUT2D eigenvalue weighted by Crippen LogP contribution is -2.47. The zero-order valence-electron chi connectivity index (χ0n) is 20.7. The SMILES string of the molecule is O=C(Nc1nccnc1C(=O)NC1CCN(C(=O)c2cnc3ccccc3n2)CC1)c1ccc2c(c1)OCO2. The molecular formula is C27H23N7O5. The van der Waals surface area contributed by atoms with Crippen molar-refractivity contribution in [3.63, 3.8) is 0 Å². The number of likely N-dealkylation sites (tertiary alicyclic amines) is 1. The smallest absolute Gasteiger partial charge is 0.274 e. The molecule has 4 aromatic rings. The van der Waals surface area contributed by atoms with Gasteiger partial charge in [-0.25, -0.2) is 15.0 Å². The number of hydrogen-bond donors (Lipinski definition) is 2. The summed E-state index contributed by atoms with van der Waals surface area (Å²) in [5, 5.41) is 5.60. The fraction of sp³-hybridized carbons (Fsp3) is 0.222. The van der Waals surface area contributed by atoms with E-state index in [2.05, 4.69) is 30.6 Å². The number of amides is 3. The minimum Gasteiger partial charge on any atom is -0.454 e. The molecule has 0 bridgehead atoms. The van der Waals surface area contributed by atoms with Gasteiger partial charge in [-0.3, -0.25) is 19.4 Å². The van der Waals surface area contributed by atoms with Crippen molar-refractivity contribution < 1.29 is 23.9 Å². The molecule has 39 heavy (non-hydrogen) atoms. The Balaban J connectivity index is 1.07. The molecule has 2 aliphatic rings. The number of anilines is 1. The van der Waals surface area contributed by atoms with Crippen molar-refractivity contribution >= 4 is 34.6 Å². The first-order valence-corrected chi connectivity index (χ1v) is 12.4. The summed E-state index contributed by atoms with van der Waals surface area (Å²) in [6.07, 6.45) is 5.38. The summed E-state index contributed by atoms with van der Waals surface area (Å²) in [4.78, 5) is 57.6. The summed E-state index contributed by atoms with van der Waals surface area (Å²) in [7, 11) is 0. The van der Waals surface area contributed by atoms with Crippen molar-refractivity contribution in [2.75, 3.05) is 25.2 Å². The molecule has 1 fully saturated rings. The van der Waals surface area contributed by atoms with Gasteiger partial charge in [0.1, 0.15) is 5.69 Å². The molecule has 0 saturated carbocycles. The summed E-state index contributed by atoms with van der Waals surface area (Å²) in [6, 6.07) is 12.0. The van der Waals surface area contributed by atoms with Gasteiger partial charge in [0.05, 0.1) is 17.2 Å². The van der Waals surface area contributed by atoms with Gasteiger partial charge in [-0.05, 0) is 43.2 Å². The van der Waals surface area contributed by atoms with Gasteiger partial charge in [-0.2, -0.15) is 0 Å². The Bertz CT molecular complexity index is 1590. The zero-order chi connectivity index (χ0) is 26.8. The van der Waals surface area contributed by atoms with E-state index in [4.69, 9.17) is 9.47 Å². The third kappa shape index (κ3) is 5.04. The third-order valence-corrected chi connectivity index (χ3v) is 6.57. The Labute approximate surface area is 222 Å². The molecule has 1 saturated heterocycles. The predicted molar refractivity (Wildman–Crippen MR) is 138 cm³/mol. The number of ether oxygens (including phenoxy) is 2. The quantitative estimate of drug-likeness (QED) is 0.401. The molecule has 0 atom stereocenters. The monoisotopic (exact) mass is 525 g/mol. The molecule has 12 nitrogen and oxygen atoms in total. The number of fused-ring (bicyclic) bond motifs is 2. The fourth-order valence-corrected chi connectivity index (χ4v) is 4.52. The Hall–Kier alpha value is -5.13. The van der Waals surface area contributed by atoms with Gasteiger partial charge in [-0.1, -0.05) is 12.1 Å². The van der Waals surface area contributed by atoms with Crippen molar-refractivity contribution in [2.45, 2.75) is 18.9 Å². The first-order chi connectivity index (χ1) is 19.0. The number of aromatic nitrogens is 4. The molecule has 2 N–H and O–H groups in total. The average molecular weight is 526 g/mol. The van der Waals surface area contributed by atoms with Gasteiger partial charge in [0.25, 0.3) is 17.7 Å². The topological polar surface area (TPSA) is 149 Å². The first kappa shape index (κ1) is 24.2. The van der Waals surface area contributed by atoms with E-state index in [1.165, 1.54) is 18.6 Å². The molecule has 12 heteroatoms. The molecule has 0 radical (unpaired) electrons. The molecule has 2 aliphatic heterocycles. The van der Waals surface area contributed by atoms with E-state index >= 15 is 0 Å². The lowest BCUT2D eigenvalue weighted by molar-refractivity contribution is 0.0692. The van der Waals surface area contributed by atoms with Gasteiger partial charge in [0, 0.05) is 37.1 Å². The van der Waals surface area contributed by atoms with Crippen LogP contribution in [0.2, 0.25) is 0 Å². The fourth-order valence-electron chi connectivity index (χ4n) is 4.52. The Morgan fingerprint density at radius 2 is 1.64 bits per heavy atom. The predicted octanol–water partition coefficient (Wildman–Crippen LogP) is 2.44. The molecule has 6 rings (SSSR count). The van der Waals surface area contributed by atoms with Gasteiger partial charge in [0.2, 0.25) is 6.79 Å². The highest BCUT2D eigenvalue weighted by Crippen LogP contribution is 2.32. The van der Waals surface area contributed by atoms with Crippen molar-refractivity contribution in [1.29, 1.82) is 0 Å². The van der Waals surface area contributed by atoms with E-state index in [0.717, 1.165) is 5.52 Å². The van der Waals surface area contributed by atoms with Crippen LogP contribution in [-0.2, 0) is 0 Å². The van der Waals surface area contributed by atoms with Crippen LogP contribution >= 0.6 is 0 Å². The van der Waals surface area contributed by atoms with E-state index in [1.54, 1.807) is 23.1 Å². The highest BCUT2D eigenvalue weighted by molar-refractivity contribution is 6.07. The summed E-state index contributed by atoms with van der Waals surface area (Å²) in [6.45, 7) is 0.998. The maximum absolute atomic E-state index is 13.1. The van der Waals surface area contributed by atoms with E-state index < -0.39 is 11.8 Å². The van der Waals surface area contributed by atoms with Gasteiger partial charge >= 0.3 is 0 Å². The van der Waals surface area contributed by atoms with E-state index in [1.807, 2.05) is 24.3 Å². The number of hydrogen-bond acceptors (Lipinski definition) is 9. The highest BCUT2D eigenvalue weighted by Gasteiger charge is 2.27. The van der Waals surface area contributed by atoms with Crippen molar-refractivity contribution in [2.24, 2.45) is 0 Å². The second-order valence-electron chi connectivity index (χ2n) is 9.06. The lowest BCUT2D eigenvalue weighted by atomic mass is 10.0. The average Bonchev–Trinajstić information content (AvgIpc) is 3.45. The highest BCUT2D eigenvalue weighted by atomic mass is 16.7. The van der Waals surface area contributed by atoms with Crippen LogP contribution < -0.4 is 20.1 Å². The van der Waals surface area contributed by atoms with E-state index in [0.29, 0.717) is 54.2 Å². The van der Waals surface area contributed by atoms with Crippen LogP contribution in [0.5, 0.6) is 11.5 Å². The zero-order valence-corrected chi connectivity index (χ0v) is 20.7. The maximum Gasteiger partial charge on any atom is 0.274 e. The summed E-state index contributed by atoms with van der Waals surface area (Å²) in [5.41, 5.74) is 2.00. The number of piperidine rings is 1. The summed E-state index contributed by atoms with van der Waals surface area (Å²) >= 11 is 0.